The van der Waals surface area contributed by atoms with Crippen LogP contribution in [0.4, 0.5) is 0 Å². The molecular formula is C14H13ClN2O5. The summed E-state index contributed by atoms with van der Waals surface area (Å²) in [7, 11) is 2.86. The van der Waals surface area contributed by atoms with E-state index in [1.54, 1.807) is 6.07 Å². The van der Waals surface area contributed by atoms with Crippen molar-refractivity contribution in [1.29, 1.82) is 0 Å². The average molecular weight is 325 g/mol. The molecule has 2 amide bonds. The van der Waals surface area contributed by atoms with Crippen LogP contribution in [0.3, 0.4) is 0 Å². The zero-order valence-electron chi connectivity index (χ0n) is 11.8. The van der Waals surface area contributed by atoms with Gasteiger partial charge in [-0.3, -0.25) is 20.4 Å². The molecule has 0 fully saturated rings. The van der Waals surface area contributed by atoms with E-state index in [9.17, 15) is 9.59 Å². The van der Waals surface area contributed by atoms with Crippen molar-refractivity contribution in [2.24, 2.45) is 0 Å². The van der Waals surface area contributed by atoms with Gasteiger partial charge in [0.2, 0.25) is 0 Å². The van der Waals surface area contributed by atoms with Crippen molar-refractivity contribution in [3.63, 3.8) is 0 Å². The fourth-order valence-corrected chi connectivity index (χ4v) is 1.99. The van der Waals surface area contributed by atoms with E-state index in [1.807, 2.05) is 0 Å². The van der Waals surface area contributed by atoms with Gasteiger partial charge < -0.3 is 13.9 Å². The van der Waals surface area contributed by atoms with Gasteiger partial charge in [0.25, 0.3) is 5.91 Å². The number of hydrogen-bond donors (Lipinski definition) is 2. The lowest BCUT2D eigenvalue weighted by atomic mass is 10.2. The van der Waals surface area contributed by atoms with Crippen molar-refractivity contribution in [3.8, 4) is 11.5 Å². The Labute approximate surface area is 131 Å². The van der Waals surface area contributed by atoms with E-state index in [1.165, 1.54) is 38.7 Å². The summed E-state index contributed by atoms with van der Waals surface area (Å²) in [6.45, 7) is 0. The van der Waals surface area contributed by atoms with Gasteiger partial charge in [0, 0.05) is 5.56 Å². The Morgan fingerprint density at radius 3 is 2.45 bits per heavy atom. The summed E-state index contributed by atoms with van der Waals surface area (Å²) in [6, 6.07) is 5.87. The first kappa shape index (κ1) is 15.7. The first-order valence-corrected chi connectivity index (χ1v) is 6.50. The van der Waals surface area contributed by atoms with Gasteiger partial charge in [-0.1, -0.05) is 11.6 Å². The van der Waals surface area contributed by atoms with Crippen LogP contribution in [-0.2, 0) is 0 Å². The highest BCUT2D eigenvalue weighted by Gasteiger charge is 2.16. The molecule has 0 aliphatic rings. The zero-order chi connectivity index (χ0) is 16.1. The third-order valence-corrected chi connectivity index (χ3v) is 3.01. The van der Waals surface area contributed by atoms with E-state index in [2.05, 4.69) is 10.9 Å². The molecule has 0 aliphatic heterocycles. The zero-order valence-corrected chi connectivity index (χ0v) is 12.6. The van der Waals surface area contributed by atoms with Crippen LogP contribution in [0.5, 0.6) is 11.5 Å². The van der Waals surface area contributed by atoms with Gasteiger partial charge in [-0.25, -0.2) is 0 Å². The number of furan rings is 1. The van der Waals surface area contributed by atoms with Crippen LogP contribution in [0.25, 0.3) is 0 Å². The van der Waals surface area contributed by atoms with Crippen molar-refractivity contribution in [1.82, 2.24) is 10.9 Å². The summed E-state index contributed by atoms with van der Waals surface area (Å²) in [6.07, 6.45) is 1.35. The normalized spacial score (nSPS) is 9.95. The highest BCUT2D eigenvalue weighted by molar-refractivity contribution is 6.32. The fraction of sp³-hybridized carbons (Fsp3) is 0.143. The molecular weight excluding hydrogens is 312 g/mol. The standard InChI is InChI=1S/C14H13ClN2O5/c1-20-11-7-8(6-9(15)12(11)21-2)13(18)16-17-14(19)10-4-3-5-22-10/h3-7H,1-2H3,(H,16,18)(H,17,19). The number of rotatable bonds is 4. The molecule has 2 aromatic rings. The SMILES string of the molecule is COc1cc(C(=O)NNC(=O)c2ccco2)cc(Cl)c1OC. The summed E-state index contributed by atoms with van der Waals surface area (Å²) >= 11 is 6.01. The predicted octanol–water partition coefficient (Wildman–Crippen LogP) is 2.02. The summed E-state index contributed by atoms with van der Waals surface area (Å²) in [5.41, 5.74) is 4.67. The Morgan fingerprint density at radius 1 is 1.14 bits per heavy atom. The second-order valence-corrected chi connectivity index (χ2v) is 4.49. The van der Waals surface area contributed by atoms with Gasteiger partial charge in [0.1, 0.15) is 0 Å². The van der Waals surface area contributed by atoms with Gasteiger partial charge in [-0.05, 0) is 24.3 Å². The lowest BCUT2D eigenvalue weighted by Crippen LogP contribution is -2.41. The second kappa shape index (κ2) is 6.86. The number of methoxy groups -OCH3 is 2. The third kappa shape index (κ3) is 3.32. The number of hydrogen-bond acceptors (Lipinski definition) is 5. The monoisotopic (exact) mass is 324 g/mol. The Kier molecular flexibility index (Phi) is 4.90. The minimum absolute atomic E-state index is 0.0747. The molecule has 2 N–H and O–H groups in total. The number of nitrogens with one attached hydrogen (secondary N) is 2. The largest absolute Gasteiger partial charge is 0.493 e. The Morgan fingerprint density at radius 2 is 1.86 bits per heavy atom. The summed E-state index contributed by atoms with van der Waals surface area (Å²) in [4.78, 5) is 23.7. The van der Waals surface area contributed by atoms with Crippen molar-refractivity contribution >= 4 is 23.4 Å². The van der Waals surface area contributed by atoms with Crippen molar-refractivity contribution in [3.05, 3.63) is 46.9 Å². The number of carbonyl (C=O) groups is 2. The fourth-order valence-electron chi connectivity index (χ4n) is 1.70. The Hall–Kier alpha value is -2.67. The minimum Gasteiger partial charge on any atom is -0.493 e. The molecule has 0 atom stereocenters. The van der Waals surface area contributed by atoms with Gasteiger partial charge >= 0.3 is 5.91 Å². The molecule has 0 unspecified atom stereocenters. The quantitative estimate of drug-likeness (QED) is 0.840. The van der Waals surface area contributed by atoms with Gasteiger partial charge in [0.05, 0.1) is 25.5 Å². The molecule has 0 bridgehead atoms. The van der Waals surface area contributed by atoms with Crippen molar-refractivity contribution in [2.45, 2.75) is 0 Å². The molecule has 116 valence electrons. The topological polar surface area (TPSA) is 89.8 Å². The highest BCUT2D eigenvalue weighted by Crippen LogP contribution is 2.35. The molecule has 1 aromatic heterocycles. The molecule has 1 heterocycles. The molecule has 2 rings (SSSR count). The number of amides is 2. The molecule has 22 heavy (non-hydrogen) atoms. The lowest BCUT2D eigenvalue weighted by molar-refractivity contribution is 0.0830. The molecule has 0 saturated carbocycles. The predicted molar refractivity (Wildman–Crippen MR) is 78.2 cm³/mol. The maximum atomic E-state index is 12.0. The lowest BCUT2D eigenvalue weighted by Gasteiger charge is -2.12. The van der Waals surface area contributed by atoms with Gasteiger partial charge in [-0.2, -0.15) is 0 Å². The van der Waals surface area contributed by atoms with E-state index in [0.29, 0.717) is 11.5 Å². The average Bonchev–Trinajstić information content (AvgIpc) is 3.05. The molecule has 1 aromatic carbocycles. The van der Waals surface area contributed by atoms with E-state index >= 15 is 0 Å². The molecule has 7 nitrogen and oxygen atoms in total. The second-order valence-electron chi connectivity index (χ2n) is 4.08. The number of halogens is 1. The molecule has 8 heteroatoms. The van der Waals surface area contributed by atoms with Crippen molar-refractivity contribution in [2.75, 3.05) is 14.2 Å². The van der Waals surface area contributed by atoms with Crippen molar-refractivity contribution < 1.29 is 23.5 Å². The molecule has 0 aliphatic carbocycles. The van der Waals surface area contributed by atoms with Crippen LogP contribution in [0.1, 0.15) is 20.9 Å². The summed E-state index contributed by atoms with van der Waals surface area (Å²) in [5, 5.41) is 0.212. The summed E-state index contributed by atoms with van der Waals surface area (Å²) < 4.78 is 15.1. The van der Waals surface area contributed by atoms with Crippen LogP contribution >= 0.6 is 11.6 Å². The number of benzene rings is 1. The Balaban J connectivity index is 2.10. The molecule has 0 saturated heterocycles. The van der Waals surface area contributed by atoms with Crippen LogP contribution in [0.2, 0.25) is 5.02 Å². The van der Waals surface area contributed by atoms with Crippen LogP contribution < -0.4 is 20.3 Å². The Bertz CT molecular complexity index is 685. The maximum absolute atomic E-state index is 12.0. The van der Waals surface area contributed by atoms with Gasteiger partial charge in [0.15, 0.2) is 17.3 Å². The number of ether oxygens (including phenoxy) is 2. The van der Waals surface area contributed by atoms with E-state index in [-0.39, 0.29) is 16.3 Å². The first-order chi connectivity index (χ1) is 10.6. The van der Waals surface area contributed by atoms with Crippen LogP contribution in [0, 0.1) is 0 Å². The molecule has 0 spiro atoms. The first-order valence-electron chi connectivity index (χ1n) is 6.12. The van der Waals surface area contributed by atoms with E-state index in [0.717, 1.165) is 0 Å². The molecule has 0 radical (unpaired) electrons. The van der Waals surface area contributed by atoms with E-state index < -0.39 is 11.8 Å². The van der Waals surface area contributed by atoms with Gasteiger partial charge in [-0.15, -0.1) is 0 Å². The minimum atomic E-state index is -0.579. The van der Waals surface area contributed by atoms with E-state index in [4.69, 9.17) is 25.5 Å². The van der Waals surface area contributed by atoms with Crippen LogP contribution in [0.15, 0.2) is 34.9 Å². The number of hydrazine groups is 1. The smallest absolute Gasteiger partial charge is 0.305 e. The highest BCUT2D eigenvalue weighted by atomic mass is 35.5. The number of carbonyl (C=O) groups excluding carboxylic acids is 2. The van der Waals surface area contributed by atoms with Crippen LogP contribution in [-0.4, -0.2) is 26.0 Å². The summed E-state index contributed by atoms with van der Waals surface area (Å²) in [5.74, 6) is -0.448. The third-order valence-electron chi connectivity index (χ3n) is 2.73. The maximum Gasteiger partial charge on any atom is 0.305 e.